The van der Waals surface area contributed by atoms with Crippen LogP contribution in [0.25, 0.3) is 16.9 Å². The van der Waals surface area contributed by atoms with Crippen molar-refractivity contribution in [2.75, 3.05) is 25.0 Å². The monoisotopic (exact) mass is 354 g/mol. The maximum Gasteiger partial charge on any atom is 0.154 e. The van der Waals surface area contributed by atoms with E-state index in [1.165, 1.54) is 6.07 Å². The number of hydroxylamine groups is 1. The van der Waals surface area contributed by atoms with Gasteiger partial charge in [0.25, 0.3) is 0 Å². The number of nitrogens with one attached hydrogen (secondary N) is 2. The second-order valence-corrected chi connectivity index (χ2v) is 6.61. The molecule has 2 N–H and O–H groups in total. The van der Waals surface area contributed by atoms with E-state index in [0.29, 0.717) is 22.7 Å². The minimum absolute atomic E-state index is 0.147. The van der Waals surface area contributed by atoms with E-state index in [9.17, 15) is 4.39 Å². The molecule has 5 rings (SSSR count). The van der Waals surface area contributed by atoms with Gasteiger partial charge in [0.05, 0.1) is 18.1 Å². The molecule has 7 nitrogen and oxygen atoms in total. The van der Waals surface area contributed by atoms with Crippen molar-refractivity contribution in [3.63, 3.8) is 0 Å². The number of nitrogens with zero attached hydrogens (tertiary/aromatic N) is 4. The molecule has 0 saturated carbocycles. The maximum atomic E-state index is 14.5. The van der Waals surface area contributed by atoms with Gasteiger partial charge in [0.2, 0.25) is 0 Å². The van der Waals surface area contributed by atoms with Gasteiger partial charge in [-0.05, 0) is 49.7 Å². The molecule has 4 bridgehead atoms. The summed E-state index contributed by atoms with van der Waals surface area (Å²) in [6.45, 7) is 2.67. The predicted octanol–water partition coefficient (Wildman–Crippen LogP) is 2.27. The highest BCUT2D eigenvalue weighted by Gasteiger charge is 2.25. The van der Waals surface area contributed by atoms with E-state index in [4.69, 9.17) is 4.84 Å². The van der Waals surface area contributed by atoms with Crippen LogP contribution >= 0.6 is 0 Å². The molecule has 4 heterocycles. The Hall–Kier alpha value is -2.71. The van der Waals surface area contributed by atoms with Crippen molar-refractivity contribution >= 4 is 11.5 Å². The normalized spacial score (nSPS) is 20.4. The maximum absolute atomic E-state index is 14.5. The lowest BCUT2D eigenvalue weighted by Crippen LogP contribution is -2.44. The summed E-state index contributed by atoms with van der Waals surface area (Å²) in [5, 5.41) is 7.93. The Balaban J connectivity index is 1.62. The van der Waals surface area contributed by atoms with Crippen LogP contribution in [-0.2, 0) is 0 Å². The summed E-state index contributed by atoms with van der Waals surface area (Å²) in [7, 11) is 0. The van der Waals surface area contributed by atoms with Gasteiger partial charge in [0.15, 0.2) is 5.65 Å². The van der Waals surface area contributed by atoms with Crippen LogP contribution in [0.1, 0.15) is 12.8 Å². The van der Waals surface area contributed by atoms with Crippen molar-refractivity contribution in [3.8, 4) is 17.0 Å². The Labute approximate surface area is 149 Å². The van der Waals surface area contributed by atoms with Crippen LogP contribution < -0.4 is 15.6 Å². The smallest absolute Gasteiger partial charge is 0.154 e. The molecule has 2 aliphatic rings. The predicted molar refractivity (Wildman–Crippen MR) is 95.2 cm³/mol. The molecule has 3 aromatic rings. The molecular weight excluding hydrogens is 335 g/mol. The lowest BCUT2D eigenvalue weighted by Gasteiger charge is -2.25. The molecule has 0 radical (unpaired) electrons. The lowest BCUT2D eigenvalue weighted by atomic mass is 10.1. The first-order chi connectivity index (χ1) is 12.8. The average molecular weight is 354 g/mol. The quantitative estimate of drug-likeness (QED) is 0.646. The molecule has 1 aromatic carbocycles. The van der Waals surface area contributed by atoms with E-state index in [-0.39, 0.29) is 12.0 Å². The first kappa shape index (κ1) is 15.5. The number of hydrogen-bond donors (Lipinski definition) is 2. The van der Waals surface area contributed by atoms with E-state index in [2.05, 4.69) is 25.8 Å². The molecule has 0 unspecified atom stereocenters. The third-order valence-electron chi connectivity index (χ3n) is 4.96. The number of hydrogen-bond acceptors (Lipinski definition) is 6. The van der Waals surface area contributed by atoms with E-state index in [1.807, 2.05) is 12.1 Å². The van der Waals surface area contributed by atoms with Crippen molar-refractivity contribution in [2.24, 2.45) is 0 Å². The Morgan fingerprint density at radius 1 is 1.19 bits per heavy atom. The second-order valence-electron chi connectivity index (χ2n) is 6.61. The van der Waals surface area contributed by atoms with E-state index < -0.39 is 0 Å². The van der Waals surface area contributed by atoms with Gasteiger partial charge in [-0.2, -0.15) is 0 Å². The van der Waals surface area contributed by atoms with Crippen LogP contribution in [0.4, 0.5) is 10.2 Å². The molecule has 0 spiro atoms. The molecule has 8 heteroatoms. The summed E-state index contributed by atoms with van der Waals surface area (Å²) in [6, 6.07) is 8.49. The third kappa shape index (κ3) is 2.67. The van der Waals surface area contributed by atoms with Crippen molar-refractivity contribution < 1.29 is 9.23 Å². The fourth-order valence-electron chi connectivity index (χ4n) is 3.61. The van der Waals surface area contributed by atoms with Gasteiger partial charge in [-0.25, -0.2) is 13.9 Å². The number of fused-ring (bicyclic) bond motifs is 5. The van der Waals surface area contributed by atoms with Gasteiger partial charge >= 0.3 is 0 Å². The highest BCUT2D eigenvalue weighted by atomic mass is 19.1. The number of halogens is 1. The van der Waals surface area contributed by atoms with Gasteiger partial charge in [-0.15, -0.1) is 10.6 Å². The first-order valence-electron chi connectivity index (χ1n) is 8.83. The van der Waals surface area contributed by atoms with Crippen molar-refractivity contribution in [1.82, 2.24) is 25.0 Å². The van der Waals surface area contributed by atoms with Crippen molar-refractivity contribution in [3.05, 3.63) is 42.3 Å². The number of rotatable bonds is 0. The van der Waals surface area contributed by atoms with Crippen LogP contribution in [0.5, 0.6) is 5.75 Å². The van der Waals surface area contributed by atoms with Gasteiger partial charge < -0.3 is 10.2 Å². The summed E-state index contributed by atoms with van der Waals surface area (Å²) < 4.78 is 16.1. The number of anilines is 1. The van der Waals surface area contributed by atoms with Gasteiger partial charge in [-0.3, -0.25) is 4.90 Å². The lowest BCUT2D eigenvalue weighted by molar-refractivity contribution is 0.0794. The minimum atomic E-state index is -0.339. The summed E-state index contributed by atoms with van der Waals surface area (Å²) in [5.74, 6) is 0.966. The molecule has 26 heavy (non-hydrogen) atoms. The number of imidazole rings is 1. The Morgan fingerprint density at radius 3 is 3.12 bits per heavy atom. The zero-order valence-electron chi connectivity index (χ0n) is 14.2. The fraction of sp³-hybridized carbons (Fsp3) is 0.333. The molecule has 1 saturated heterocycles. The highest BCUT2D eigenvalue weighted by molar-refractivity contribution is 5.65. The van der Waals surface area contributed by atoms with Crippen molar-refractivity contribution in [2.45, 2.75) is 19.0 Å². The molecule has 2 aromatic heterocycles. The topological polar surface area (TPSA) is 66.7 Å². The molecule has 134 valence electrons. The van der Waals surface area contributed by atoms with Gasteiger partial charge in [0, 0.05) is 18.7 Å². The van der Waals surface area contributed by atoms with Crippen LogP contribution in [-0.4, -0.2) is 45.3 Å². The van der Waals surface area contributed by atoms with E-state index in [0.717, 1.165) is 38.3 Å². The summed E-state index contributed by atoms with van der Waals surface area (Å²) in [5.41, 5.74) is 4.79. The Kier molecular flexibility index (Phi) is 3.72. The summed E-state index contributed by atoms with van der Waals surface area (Å²) >= 11 is 0. The molecule has 1 fully saturated rings. The standard InChI is InChI=1S/C18H19FN6O/c19-14-4-3-12-10-13(14)15-11-21-17-6-5-16(22-25(15)17)20-7-9-24-8-1-2-18(24)23-26-12/h3-6,10-11,18,23H,1-2,7-9H2,(H,20,22)/t18-/m0/s1. The highest BCUT2D eigenvalue weighted by Crippen LogP contribution is 2.28. The molecule has 1 atom stereocenters. The zero-order chi connectivity index (χ0) is 17.5. The third-order valence-corrected chi connectivity index (χ3v) is 4.96. The molecular formula is C18H19FN6O. The van der Waals surface area contributed by atoms with E-state index in [1.54, 1.807) is 22.8 Å². The summed E-state index contributed by atoms with van der Waals surface area (Å²) in [6.07, 6.45) is 3.92. The molecule has 0 aliphatic carbocycles. The van der Waals surface area contributed by atoms with Gasteiger partial charge in [-0.1, -0.05) is 0 Å². The Bertz CT molecular complexity index is 958. The number of benzene rings is 1. The van der Waals surface area contributed by atoms with Crippen molar-refractivity contribution in [1.29, 1.82) is 0 Å². The average Bonchev–Trinajstić information content (AvgIpc) is 3.27. The summed E-state index contributed by atoms with van der Waals surface area (Å²) in [4.78, 5) is 12.4. The molecule has 2 aliphatic heterocycles. The fourth-order valence-corrected chi connectivity index (χ4v) is 3.61. The van der Waals surface area contributed by atoms with Crippen LogP contribution in [0.15, 0.2) is 36.5 Å². The molecule has 0 amide bonds. The van der Waals surface area contributed by atoms with E-state index >= 15 is 0 Å². The zero-order valence-corrected chi connectivity index (χ0v) is 14.2. The Morgan fingerprint density at radius 2 is 2.15 bits per heavy atom. The first-order valence-corrected chi connectivity index (χ1v) is 8.83. The van der Waals surface area contributed by atoms with Crippen LogP contribution in [0.3, 0.4) is 0 Å². The number of aromatic nitrogens is 3. The SMILES string of the molecule is Fc1ccc2cc1-c1cnc3ccc(nn13)NCCN1CCC[C@H]1NO2. The van der Waals surface area contributed by atoms with Crippen LogP contribution in [0.2, 0.25) is 0 Å². The minimum Gasteiger partial charge on any atom is -0.407 e. The van der Waals surface area contributed by atoms with Gasteiger partial charge in [0.1, 0.15) is 17.4 Å². The second kappa shape index (κ2) is 6.22. The largest absolute Gasteiger partial charge is 0.407 e. The van der Waals surface area contributed by atoms with Crippen LogP contribution in [0, 0.1) is 5.82 Å².